The van der Waals surface area contributed by atoms with Crippen LogP contribution in [0.15, 0.2) is 73.1 Å². The number of anilines is 1. The van der Waals surface area contributed by atoms with Crippen molar-refractivity contribution < 1.29 is 9.59 Å². The Morgan fingerprint density at radius 1 is 1.17 bits per heavy atom. The van der Waals surface area contributed by atoms with Crippen LogP contribution in [0.5, 0.6) is 0 Å². The minimum atomic E-state index is -0.461. The Hall–Kier alpha value is -3.75. The first kappa shape index (κ1) is 19.6. The Morgan fingerprint density at radius 3 is 2.73 bits per heavy atom. The molecule has 1 aliphatic heterocycles. The Kier molecular flexibility index (Phi) is 5.42. The Morgan fingerprint density at radius 2 is 1.97 bits per heavy atom. The zero-order chi connectivity index (χ0) is 21.1. The first-order valence-corrected chi connectivity index (χ1v) is 9.69. The van der Waals surface area contributed by atoms with Crippen molar-refractivity contribution in [2.45, 2.75) is 12.3 Å². The van der Waals surface area contributed by atoms with Crippen molar-refractivity contribution in [1.82, 2.24) is 4.98 Å². The largest absolute Gasteiger partial charge is 0.274 e. The lowest BCUT2D eigenvalue weighted by atomic mass is 9.84. The maximum Gasteiger partial charge on any atom is 0.257 e. The zero-order valence-corrected chi connectivity index (χ0v) is 16.6. The second-order valence-electron chi connectivity index (χ2n) is 6.89. The molecule has 2 heterocycles. The third-order valence-corrected chi connectivity index (χ3v) is 5.20. The minimum Gasteiger partial charge on any atom is -0.274 e. The van der Waals surface area contributed by atoms with Gasteiger partial charge in [0.05, 0.1) is 11.3 Å². The maximum atomic E-state index is 13.0. The fraction of sp³-hybridized carbons (Fsp3) is 0.0833. The van der Waals surface area contributed by atoms with E-state index >= 15 is 0 Å². The molecule has 0 aliphatic carbocycles. The smallest absolute Gasteiger partial charge is 0.257 e. The SMILES string of the molecule is N#Cc1cncc(/C=C/C(=O)N2C(=O)CC(c3ccccc3)c3cc(Cl)ccc32)c1. The van der Waals surface area contributed by atoms with Gasteiger partial charge in [0.15, 0.2) is 0 Å². The molecule has 1 unspecified atom stereocenters. The molecule has 3 aromatic rings. The van der Waals surface area contributed by atoms with E-state index in [0.717, 1.165) is 11.1 Å². The van der Waals surface area contributed by atoms with Gasteiger partial charge in [0.25, 0.3) is 5.91 Å². The number of nitriles is 1. The number of aromatic nitrogens is 1. The number of benzene rings is 2. The number of imide groups is 1. The Labute approximate surface area is 178 Å². The lowest BCUT2D eigenvalue weighted by Crippen LogP contribution is -2.40. The fourth-order valence-electron chi connectivity index (χ4n) is 3.59. The van der Waals surface area contributed by atoms with E-state index in [0.29, 0.717) is 21.8 Å². The quantitative estimate of drug-likeness (QED) is 0.582. The summed E-state index contributed by atoms with van der Waals surface area (Å²) < 4.78 is 0. The lowest BCUT2D eigenvalue weighted by Gasteiger charge is -2.32. The second-order valence-corrected chi connectivity index (χ2v) is 7.33. The fourth-order valence-corrected chi connectivity index (χ4v) is 3.78. The molecule has 2 amide bonds. The summed E-state index contributed by atoms with van der Waals surface area (Å²) in [6, 6.07) is 18.5. The van der Waals surface area contributed by atoms with Crippen molar-refractivity contribution in [3.05, 3.63) is 100 Å². The van der Waals surface area contributed by atoms with Crippen molar-refractivity contribution in [2.75, 3.05) is 4.90 Å². The summed E-state index contributed by atoms with van der Waals surface area (Å²) in [4.78, 5) is 31.0. The number of pyridine rings is 1. The predicted molar refractivity (Wildman–Crippen MR) is 115 cm³/mol. The number of rotatable bonds is 3. The van der Waals surface area contributed by atoms with Gasteiger partial charge in [-0.3, -0.25) is 14.6 Å². The normalized spacial score (nSPS) is 15.7. The van der Waals surface area contributed by atoms with Crippen LogP contribution in [-0.2, 0) is 9.59 Å². The summed E-state index contributed by atoms with van der Waals surface area (Å²) in [5, 5.41) is 9.53. The molecular formula is C24H16ClN3O2. The highest BCUT2D eigenvalue weighted by atomic mass is 35.5. The van der Waals surface area contributed by atoms with Crippen LogP contribution in [0.1, 0.15) is 34.6 Å². The monoisotopic (exact) mass is 413 g/mol. The van der Waals surface area contributed by atoms with Gasteiger partial charge in [-0.2, -0.15) is 5.26 Å². The van der Waals surface area contributed by atoms with Crippen LogP contribution in [0.25, 0.3) is 6.08 Å². The number of carbonyl (C=O) groups excluding carboxylic acids is 2. The summed E-state index contributed by atoms with van der Waals surface area (Å²) in [6.45, 7) is 0. The van der Waals surface area contributed by atoms with Crippen LogP contribution in [-0.4, -0.2) is 16.8 Å². The number of carbonyl (C=O) groups is 2. The van der Waals surface area contributed by atoms with Gasteiger partial charge in [0, 0.05) is 35.8 Å². The average molecular weight is 414 g/mol. The van der Waals surface area contributed by atoms with Crippen LogP contribution in [0.4, 0.5) is 5.69 Å². The van der Waals surface area contributed by atoms with Crippen LogP contribution >= 0.6 is 11.6 Å². The molecule has 1 aliphatic rings. The van der Waals surface area contributed by atoms with Crippen molar-refractivity contribution in [3.8, 4) is 6.07 Å². The number of hydrogen-bond donors (Lipinski definition) is 0. The van der Waals surface area contributed by atoms with Crippen LogP contribution < -0.4 is 4.90 Å². The van der Waals surface area contributed by atoms with E-state index in [4.69, 9.17) is 16.9 Å². The van der Waals surface area contributed by atoms with Gasteiger partial charge in [-0.05, 0) is 47.0 Å². The van der Waals surface area contributed by atoms with E-state index in [1.165, 1.54) is 17.2 Å². The molecule has 5 nitrogen and oxygen atoms in total. The lowest BCUT2D eigenvalue weighted by molar-refractivity contribution is -0.124. The van der Waals surface area contributed by atoms with Gasteiger partial charge in [-0.1, -0.05) is 41.9 Å². The van der Waals surface area contributed by atoms with E-state index in [9.17, 15) is 9.59 Å². The highest BCUT2D eigenvalue weighted by Crippen LogP contribution is 2.41. The van der Waals surface area contributed by atoms with Crippen LogP contribution in [0.2, 0.25) is 5.02 Å². The van der Waals surface area contributed by atoms with Crippen molar-refractivity contribution >= 4 is 35.2 Å². The number of amides is 2. The molecule has 0 saturated carbocycles. The Balaban J connectivity index is 1.70. The molecule has 0 bridgehead atoms. The third-order valence-electron chi connectivity index (χ3n) is 4.96. The van der Waals surface area contributed by atoms with Crippen LogP contribution in [0, 0.1) is 11.3 Å². The molecule has 6 heteroatoms. The topological polar surface area (TPSA) is 74.1 Å². The molecule has 1 atom stereocenters. The third kappa shape index (κ3) is 3.86. The number of hydrogen-bond acceptors (Lipinski definition) is 4. The van der Waals surface area contributed by atoms with Crippen molar-refractivity contribution in [1.29, 1.82) is 5.26 Å². The molecule has 0 fully saturated rings. The highest BCUT2D eigenvalue weighted by Gasteiger charge is 2.35. The van der Waals surface area contributed by atoms with E-state index in [1.54, 1.807) is 30.5 Å². The van der Waals surface area contributed by atoms with Gasteiger partial charge in [-0.15, -0.1) is 0 Å². The van der Waals surface area contributed by atoms with Gasteiger partial charge in [-0.25, -0.2) is 4.90 Å². The summed E-state index contributed by atoms with van der Waals surface area (Å²) in [6.07, 6.45) is 6.01. The molecule has 1 aromatic heterocycles. The highest BCUT2D eigenvalue weighted by molar-refractivity contribution is 6.31. The van der Waals surface area contributed by atoms with E-state index in [2.05, 4.69) is 4.98 Å². The van der Waals surface area contributed by atoms with E-state index in [1.807, 2.05) is 42.5 Å². The summed E-state index contributed by atoms with van der Waals surface area (Å²) in [7, 11) is 0. The standard InChI is InChI=1S/C24H16ClN3O2/c25-19-7-8-22-21(11-19)20(18-4-2-1-3-5-18)12-24(30)28(22)23(29)9-6-16-10-17(13-26)15-27-14-16/h1-11,14-15,20H,12H2/b9-6+. The minimum absolute atomic E-state index is 0.169. The van der Waals surface area contributed by atoms with Gasteiger partial charge in [0.2, 0.25) is 5.91 Å². The molecule has 0 N–H and O–H groups in total. The summed E-state index contributed by atoms with van der Waals surface area (Å²) in [5.74, 6) is -0.911. The molecular weight excluding hydrogens is 398 g/mol. The predicted octanol–water partition coefficient (Wildman–Crippen LogP) is 4.72. The first-order valence-electron chi connectivity index (χ1n) is 9.31. The van der Waals surface area contributed by atoms with Gasteiger partial charge >= 0.3 is 0 Å². The molecule has 0 spiro atoms. The van der Waals surface area contributed by atoms with Crippen molar-refractivity contribution in [2.24, 2.45) is 0 Å². The second kappa shape index (κ2) is 8.32. The summed E-state index contributed by atoms with van der Waals surface area (Å²) in [5.41, 5.74) is 3.36. The molecule has 30 heavy (non-hydrogen) atoms. The number of halogens is 1. The van der Waals surface area contributed by atoms with Crippen LogP contribution in [0.3, 0.4) is 0 Å². The van der Waals surface area contributed by atoms with E-state index in [-0.39, 0.29) is 18.2 Å². The average Bonchev–Trinajstić information content (AvgIpc) is 2.78. The molecule has 4 rings (SSSR count). The molecule has 2 aromatic carbocycles. The Bertz CT molecular complexity index is 1200. The first-order chi connectivity index (χ1) is 14.6. The zero-order valence-electron chi connectivity index (χ0n) is 15.8. The number of nitrogens with zero attached hydrogens (tertiary/aromatic N) is 3. The molecule has 0 saturated heterocycles. The van der Waals surface area contributed by atoms with Gasteiger partial charge < -0.3 is 0 Å². The maximum absolute atomic E-state index is 13.0. The van der Waals surface area contributed by atoms with Gasteiger partial charge in [0.1, 0.15) is 6.07 Å². The number of fused-ring (bicyclic) bond motifs is 1. The van der Waals surface area contributed by atoms with E-state index < -0.39 is 5.91 Å². The van der Waals surface area contributed by atoms with Crippen molar-refractivity contribution in [3.63, 3.8) is 0 Å². The molecule has 146 valence electrons. The molecule has 0 radical (unpaired) electrons. The summed E-state index contributed by atoms with van der Waals surface area (Å²) >= 11 is 6.23.